The molecule has 0 saturated carbocycles. The van der Waals surface area contributed by atoms with Crippen LogP contribution in [0.25, 0.3) is 16.8 Å². The van der Waals surface area contributed by atoms with Crippen LogP contribution in [0.5, 0.6) is 5.75 Å². The van der Waals surface area contributed by atoms with Crippen LogP contribution in [0.3, 0.4) is 0 Å². The van der Waals surface area contributed by atoms with Crippen LogP contribution in [-0.4, -0.2) is 34.7 Å². The second kappa shape index (κ2) is 10.7. The van der Waals surface area contributed by atoms with Crippen LogP contribution in [-0.2, 0) is 20.9 Å². The molecule has 0 bridgehead atoms. The monoisotopic (exact) mass is 529 g/mol. The van der Waals surface area contributed by atoms with Gasteiger partial charge in [0.2, 0.25) is 0 Å². The van der Waals surface area contributed by atoms with Gasteiger partial charge in [-0.2, -0.15) is 0 Å². The molecule has 180 valence electrons. The molecule has 0 aliphatic carbocycles. The van der Waals surface area contributed by atoms with Crippen LogP contribution in [0.1, 0.15) is 25.0 Å². The quantitative estimate of drug-likeness (QED) is 0.250. The molecule has 6 nitrogen and oxygen atoms in total. The first-order chi connectivity index (χ1) is 16.8. The van der Waals surface area contributed by atoms with E-state index in [-0.39, 0.29) is 28.2 Å². The first kappa shape index (κ1) is 25.1. The topological polar surface area (TPSA) is 72.9 Å². The summed E-state index contributed by atoms with van der Waals surface area (Å²) in [5.74, 6) is -0.902. The van der Waals surface area contributed by atoms with Crippen molar-refractivity contribution in [3.8, 4) is 5.75 Å². The molecule has 1 atom stereocenters. The molecule has 0 aromatic heterocycles. The van der Waals surface area contributed by atoms with Crippen molar-refractivity contribution >= 4 is 68.9 Å². The standard InChI is InChI=1S/C26H21Cl2NO5S/c1-3-33-25(31)15(2)29-24(30)22(35-26(29)32)13-16-11-20(27)23(21(28)12-16)34-14-18-9-6-8-17-7-4-5-10-19(17)18/h4-13,15H,3,14H2,1-2H3/b22-13+/t15-/m1/s1. The first-order valence-corrected chi connectivity index (χ1v) is 12.4. The van der Waals surface area contributed by atoms with Crippen LogP contribution in [0.4, 0.5) is 4.79 Å². The summed E-state index contributed by atoms with van der Waals surface area (Å²) in [4.78, 5) is 38.2. The Labute approximate surface area is 216 Å². The van der Waals surface area contributed by atoms with Gasteiger partial charge in [0.25, 0.3) is 11.1 Å². The van der Waals surface area contributed by atoms with Gasteiger partial charge < -0.3 is 9.47 Å². The van der Waals surface area contributed by atoms with Gasteiger partial charge in [0.1, 0.15) is 12.6 Å². The summed E-state index contributed by atoms with van der Waals surface area (Å²) in [5, 5.41) is 2.17. The van der Waals surface area contributed by atoms with Gasteiger partial charge in [0.15, 0.2) is 5.75 Å². The molecule has 3 aromatic rings. The Morgan fingerprint density at radius 1 is 1.09 bits per heavy atom. The van der Waals surface area contributed by atoms with Crippen molar-refractivity contribution in [3.05, 3.63) is 80.7 Å². The number of thioether (sulfide) groups is 1. The number of carbonyl (C=O) groups excluding carboxylic acids is 3. The lowest BCUT2D eigenvalue weighted by Crippen LogP contribution is -2.42. The summed E-state index contributed by atoms with van der Waals surface area (Å²) in [5.41, 5.74) is 1.51. The molecule has 1 aliphatic heterocycles. The number of nitrogens with zero attached hydrogens (tertiary/aromatic N) is 1. The molecule has 4 rings (SSSR count). The van der Waals surface area contributed by atoms with E-state index in [2.05, 4.69) is 0 Å². The van der Waals surface area contributed by atoms with Gasteiger partial charge in [0, 0.05) is 0 Å². The van der Waals surface area contributed by atoms with E-state index in [1.54, 1.807) is 19.1 Å². The van der Waals surface area contributed by atoms with Crippen molar-refractivity contribution in [3.63, 3.8) is 0 Å². The van der Waals surface area contributed by atoms with Gasteiger partial charge in [-0.3, -0.25) is 14.5 Å². The summed E-state index contributed by atoms with van der Waals surface area (Å²) in [6, 6.07) is 16.2. The molecule has 1 aliphatic rings. The number of benzene rings is 3. The number of halogens is 2. The minimum absolute atomic E-state index is 0.154. The zero-order valence-corrected chi connectivity index (χ0v) is 21.2. The van der Waals surface area contributed by atoms with Crippen LogP contribution < -0.4 is 4.74 Å². The van der Waals surface area contributed by atoms with Crippen molar-refractivity contribution in [2.24, 2.45) is 0 Å². The SMILES string of the molecule is CCOC(=O)[C@@H](C)N1C(=O)S/C(=C/c2cc(Cl)c(OCc3cccc4ccccc34)c(Cl)c2)C1=O. The Morgan fingerprint density at radius 2 is 1.77 bits per heavy atom. The van der Waals surface area contributed by atoms with E-state index in [1.807, 2.05) is 42.5 Å². The molecule has 9 heteroatoms. The Morgan fingerprint density at radius 3 is 2.49 bits per heavy atom. The van der Waals surface area contributed by atoms with Crippen molar-refractivity contribution in [2.75, 3.05) is 6.61 Å². The Kier molecular flexibility index (Phi) is 7.69. The number of esters is 1. The van der Waals surface area contributed by atoms with E-state index in [0.29, 0.717) is 11.3 Å². The molecule has 0 radical (unpaired) electrons. The minimum Gasteiger partial charge on any atom is -0.486 e. The maximum atomic E-state index is 12.8. The lowest BCUT2D eigenvalue weighted by Gasteiger charge is -2.19. The highest BCUT2D eigenvalue weighted by Gasteiger charge is 2.41. The summed E-state index contributed by atoms with van der Waals surface area (Å²) >= 11 is 13.7. The number of ether oxygens (including phenoxy) is 2. The second-order valence-electron chi connectivity index (χ2n) is 7.72. The summed E-state index contributed by atoms with van der Waals surface area (Å²) in [6.07, 6.45) is 1.51. The Bertz CT molecular complexity index is 1330. The molecule has 3 aromatic carbocycles. The number of fused-ring (bicyclic) bond motifs is 1. The number of imide groups is 1. The summed E-state index contributed by atoms with van der Waals surface area (Å²) in [7, 11) is 0. The van der Waals surface area contributed by atoms with Crippen molar-refractivity contribution < 1.29 is 23.9 Å². The first-order valence-electron chi connectivity index (χ1n) is 10.8. The number of hydrogen-bond donors (Lipinski definition) is 0. The average molecular weight is 530 g/mol. The summed E-state index contributed by atoms with van der Waals surface area (Å²) < 4.78 is 10.9. The highest BCUT2D eigenvalue weighted by Crippen LogP contribution is 2.38. The number of hydrogen-bond acceptors (Lipinski definition) is 6. The molecule has 0 N–H and O–H groups in total. The van der Waals surface area contributed by atoms with Crippen molar-refractivity contribution in [1.29, 1.82) is 0 Å². The molecule has 2 amide bonds. The van der Waals surface area contributed by atoms with Gasteiger partial charge in [0.05, 0.1) is 21.6 Å². The van der Waals surface area contributed by atoms with E-state index in [4.69, 9.17) is 32.7 Å². The van der Waals surface area contributed by atoms with E-state index in [0.717, 1.165) is 33.0 Å². The van der Waals surface area contributed by atoms with Gasteiger partial charge in [-0.15, -0.1) is 0 Å². The predicted molar refractivity (Wildman–Crippen MR) is 139 cm³/mol. The van der Waals surface area contributed by atoms with Crippen molar-refractivity contribution in [1.82, 2.24) is 4.90 Å². The molecule has 1 heterocycles. The fourth-order valence-electron chi connectivity index (χ4n) is 3.70. The molecule has 0 spiro atoms. The third-order valence-corrected chi connectivity index (χ3v) is 6.85. The van der Waals surface area contributed by atoms with Gasteiger partial charge in [-0.1, -0.05) is 65.7 Å². The van der Waals surface area contributed by atoms with Crippen LogP contribution in [0.15, 0.2) is 59.5 Å². The fourth-order valence-corrected chi connectivity index (χ4v) is 5.22. The van der Waals surface area contributed by atoms with E-state index >= 15 is 0 Å². The number of carbonyl (C=O) groups is 3. The number of amides is 2. The molecular weight excluding hydrogens is 509 g/mol. The maximum absolute atomic E-state index is 12.8. The third kappa shape index (κ3) is 5.32. The lowest BCUT2D eigenvalue weighted by molar-refractivity contribution is -0.150. The predicted octanol–water partition coefficient (Wildman–Crippen LogP) is 6.71. The fraction of sp³-hybridized carbons (Fsp3) is 0.192. The van der Waals surface area contributed by atoms with Gasteiger partial charge >= 0.3 is 5.97 Å². The van der Waals surface area contributed by atoms with Crippen LogP contribution >= 0.6 is 35.0 Å². The average Bonchev–Trinajstić information content (AvgIpc) is 3.10. The second-order valence-corrected chi connectivity index (χ2v) is 9.53. The highest BCUT2D eigenvalue weighted by atomic mass is 35.5. The van der Waals surface area contributed by atoms with Crippen molar-refractivity contribution in [2.45, 2.75) is 26.5 Å². The van der Waals surface area contributed by atoms with Crippen LogP contribution in [0.2, 0.25) is 10.0 Å². The van der Waals surface area contributed by atoms with E-state index in [1.165, 1.54) is 13.0 Å². The van der Waals surface area contributed by atoms with Gasteiger partial charge in [-0.25, -0.2) is 4.79 Å². The normalized spacial score (nSPS) is 15.7. The van der Waals surface area contributed by atoms with E-state index in [9.17, 15) is 14.4 Å². The minimum atomic E-state index is -1.02. The van der Waals surface area contributed by atoms with Gasteiger partial charge in [-0.05, 0) is 65.7 Å². The third-order valence-electron chi connectivity index (χ3n) is 5.41. The zero-order chi connectivity index (χ0) is 25.1. The molecule has 0 unspecified atom stereocenters. The zero-order valence-electron chi connectivity index (χ0n) is 18.9. The molecule has 1 saturated heterocycles. The molecule has 35 heavy (non-hydrogen) atoms. The number of rotatable bonds is 7. The Balaban J connectivity index is 1.53. The smallest absolute Gasteiger partial charge is 0.329 e. The highest BCUT2D eigenvalue weighted by molar-refractivity contribution is 8.18. The summed E-state index contributed by atoms with van der Waals surface area (Å²) in [6.45, 7) is 3.53. The van der Waals surface area contributed by atoms with E-state index < -0.39 is 23.2 Å². The Hall–Kier alpha value is -3.00. The lowest BCUT2D eigenvalue weighted by atomic mass is 10.1. The molecular formula is C26H21Cl2NO5S. The largest absolute Gasteiger partial charge is 0.486 e. The maximum Gasteiger partial charge on any atom is 0.329 e. The molecule has 1 fully saturated rings. The van der Waals surface area contributed by atoms with Crippen LogP contribution in [0, 0.1) is 0 Å².